The number of nitrogens with zero attached hydrogens (tertiary/aromatic N) is 2. The Morgan fingerprint density at radius 3 is 2.32 bits per heavy atom. The van der Waals surface area contributed by atoms with Gasteiger partial charge in [-0.3, -0.25) is 4.90 Å². The molecule has 1 aliphatic rings. The summed E-state index contributed by atoms with van der Waals surface area (Å²) in [6.07, 6.45) is 2.30. The third-order valence-electron chi connectivity index (χ3n) is 3.99. The highest BCUT2D eigenvalue weighted by molar-refractivity contribution is 6.30. The van der Waals surface area contributed by atoms with Crippen LogP contribution in [-0.2, 0) is 0 Å². The van der Waals surface area contributed by atoms with Gasteiger partial charge in [-0.25, -0.2) is 0 Å². The zero-order valence-electron chi connectivity index (χ0n) is 11.7. The summed E-state index contributed by atoms with van der Waals surface area (Å²) in [5.74, 6) is 0. The summed E-state index contributed by atoms with van der Waals surface area (Å²) < 4.78 is 0. The number of halogens is 1. The molecule has 0 spiro atoms. The smallest absolute Gasteiger partial charge is 0.0407 e. The monoisotopic (exact) mass is 281 g/mol. The number of anilines is 1. The number of piperazine rings is 1. The maximum Gasteiger partial charge on any atom is 0.0407 e. The standard InChI is InChI=1S/C15H24ClN3/c1-2-14(7-8-17)18-9-11-19(12-10-18)15-5-3-13(16)4-6-15/h3-6,14H,2,7-12,17H2,1H3. The Morgan fingerprint density at radius 1 is 1.16 bits per heavy atom. The average molecular weight is 282 g/mol. The minimum Gasteiger partial charge on any atom is -0.369 e. The number of hydrogen-bond donors (Lipinski definition) is 1. The summed E-state index contributed by atoms with van der Waals surface area (Å²) in [6.45, 7) is 7.47. The normalized spacial score (nSPS) is 18.6. The van der Waals surface area contributed by atoms with Crippen molar-refractivity contribution >= 4 is 17.3 Å². The van der Waals surface area contributed by atoms with Crippen molar-refractivity contribution in [3.63, 3.8) is 0 Å². The molecule has 1 aromatic carbocycles. The minimum absolute atomic E-state index is 0.650. The van der Waals surface area contributed by atoms with Crippen LogP contribution in [0, 0.1) is 0 Å². The minimum atomic E-state index is 0.650. The second-order valence-corrected chi connectivity index (χ2v) is 5.58. The van der Waals surface area contributed by atoms with Gasteiger partial charge >= 0.3 is 0 Å². The molecule has 0 aromatic heterocycles. The van der Waals surface area contributed by atoms with Crippen LogP contribution in [0.3, 0.4) is 0 Å². The highest BCUT2D eigenvalue weighted by Crippen LogP contribution is 2.20. The summed E-state index contributed by atoms with van der Waals surface area (Å²) in [7, 11) is 0. The molecule has 19 heavy (non-hydrogen) atoms. The van der Waals surface area contributed by atoms with E-state index in [-0.39, 0.29) is 0 Å². The predicted octanol–water partition coefficient (Wildman–Crippen LogP) is 2.59. The van der Waals surface area contributed by atoms with Gasteiger partial charge in [0.25, 0.3) is 0 Å². The van der Waals surface area contributed by atoms with Crippen molar-refractivity contribution in [3.05, 3.63) is 29.3 Å². The summed E-state index contributed by atoms with van der Waals surface area (Å²) in [6, 6.07) is 8.79. The zero-order chi connectivity index (χ0) is 13.7. The Bertz CT molecular complexity index is 371. The molecule has 2 N–H and O–H groups in total. The second-order valence-electron chi connectivity index (χ2n) is 5.14. The molecule has 0 amide bonds. The summed E-state index contributed by atoms with van der Waals surface area (Å²) in [5, 5.41) is 0.802. The van der Waals surface area contributed by atoms with Crippen LogP contribution in [-0.4, -0.2) is 43.7 Å². The second kappa shape index (κ2) is 7.13. The van der Waals surface area contributed by atoms with E-state index in [0.29, 0.717) is 6.04 Å². The molecule has 1 heterocycles. The highest BCUT2D eigenvalue weighted by atomic mass is 35.5. The van der Waals surface area contributed by atoms with Gasteiger partial charge in [0.2, 0.25) is 0 Å². The maximum atomic E-state index is 5.93. The van der Waals surface area contributed by atoms with E-state index in [0.717, 1.165) is 44.2 Å². The van der Waals surface area contributed by atoms with Crippen molar-refractivity contribution in [1.82, 2.24) is 4.90 Å². The molecule has 0 saturated carbocycles. The molecule has 106 valence electrons. The topological polar surface area (TPSA) is 32.5 Å². The summed E-state index contributed by atoms with van der Waals surface area (Å²) in [4.78, 5) is 5.02. The van der Waals surface area contributed by atoms with Crippen molar-refractivity contribution in [2.45, 2.75) is 25.8 Å². The Morgan fingerprint density at radius 2 is 1.79 bits per heavy atom. The van der Waals surface area contributed by atoms with Gasteiger partial charge in [-0.15, -0.1) is 0 Å². The van der Waals surface area contributed by atoms with E-state index in [1.54, 1.807) is 0 Å². The van der Waals surface area contributed by atoms with Gasteiger partial charge in [0.15, 0.2) is 0 Å². The molecule has 0 aliphatic carbocycles. The first-order chi connectivity index (χ1) is 9.24. The number of hydrogen-bond acceptors (Lipinski definition) is 3. The fourth-order valence-electron chi connectivity index (χ4n) is 2.83. The van der Waals surface area contributed by atoms with Gasteiger partial charge in [-0.1, -0.05) is 18.5 Å². The number of benzene rings is 1. The summed E-state index contributed by atoms with van der Waals surface area (Å²) >= 11 is 5.93. The van der Waals surface area contributed by atoms with Crippen LogP contribution in [0.5, 0.6) is 0 Å². The first-order valence-corrected chi connectivity index (χ1v) is 7.57. The fraction of sp³-hybridized carbons (Fsp3) is 0.600. The van der Waals surface area contributed by atoms with Gasteiger partial charge in [0.1, 0.15) is 0 Å². The van der Waals surface area contributed by atoms with E-state index >= 15 is 0 Å². The zero-order valence-corrected chi connectivity index (χ0v) is 12.4. The lowest BCUT2D eigenvalue weighted by Crippen LogP contribution is -2.50. The molecule has 1 unspecified atom stereocenters. The molecular weight excluding hydrogens is 258 g/mol. The molecular formula is C15H24ClN3. The lowest BCUT2D eigenvalue weighted by atomic mass is 10.1. The van der Waals surface area contributed by atoms with Crippen molar-refractivity contribution in [2.75, 3.05) is 37.6 Å². The van der Waals surface area contributed by atoms with E-state index in [1.807, 2.05) is 12.1 Å². The lowest BCUT2D eigenvalue weighted by Gasteiger charge is -2.40. The highest BCUT2D eigenvalue weighted by Gasteiger charge is 2.22. The van der Waals surface area contributed by atoms with E-state index in [1.165, 1.54) is 12.1 Å². The van der Waals surface area contributed by atoms with Crippen LogP contribution in [0.2, 0.25) is 5.02 Å². The van der Waals surface area contributed by atoms with Crippen LogP contribution >= 0.6 is 11.6 Å². The maximum absolute atomic E-state index is 5.93. The first-order valence-electron chi connectivity index (χ1n) is 7.19. The third kappa shape index (κ3) is 3.85. The number of rotatable bonds is 5. The lowest BCUT2D eigenvalue weighted by molar-refractivity contribution is 0.173. The number of nitrogens with two attached hydrogens (primary N) is 1. The van der Waals surface area contributed by atoms with Crippen molar-refractivity contribution in [3.8, 4) is 0 Å². The fourth-order valence-corrected chi connectivity index (χ4v) is 2.96. The molecule has 1 aliphatic heterocycles. The van der Waals surface area contributed by atoms with Crippen LogP contribution in [0.25, 0.3) is 0 Å². The van der Waals surface area contributed by atoms with E-state index < -0.39 is 0 Å². The Balaban J connectivity index is 1.89. The van der Waals surface area contributed by atoms with Gasteiger partial charge in [0, 0.05) is 42.9 Å². The molecule has 4 heteroatoms. The predicted molar refractivity (Wildman–Crippen MR) is 83.0 cm³/mol. The SMILES string of the molecule is CCC(CCN)N1CCN(c2ccc(Cl)cc2)CC1. The molecule has 1 fully saturated rings. The summed E-state index contributed by atoms with van der Waals surface area (Å²) in [5.41, 5.74) is 6.97. The van der Waals surface area contributed by atoms with Crippen LogP contribution in [0.4, 0.5) is 5.69 Å². The molecule has 1 aromatic rings. The van der Waals surface area contributed by atoms with Gasteiger partial charge in [0.05, 0.1) is 0 Å². The Labute approximate surface area is 121 Å². The van der Waals surface area contributed by atoms with Crippen molar-refractivity contribution in [1.29, 1.82) is 0 Å². The molecule has 0 bridgehead atoms. The van der Waals surface area contributed by atoms with E-state index in [2.05, 4.69) is 28.9 Å². The largest absolute Gasteiger partial charge is 0.369 e. The molecule has 1 saturated heterocycles. The molecule has 0 radical (unpaired) electrons. The third-order valence-corrected chi connectivity index (χ3v) is 4.25. The molecule has 3 nitrogen and oxygen atoms in total. The quantitative estimate of drug-likeness (QED) is 0.900. The van der Waals surface area contributed by atoms with Gasteiger partial charge in [-0.05, 0) is 43.7 Å². The molecule has 2 rings (SSSR count). The van der Waals surface area contributed by atoms with Crippen molar-refractivity contribution < 1.29 is 0 Å². The van der Waals surface area contributed by atoms with Crippen molar-refractivity contribution in [2.24, 2.45) is 5.73 Å². The Hall–Kier alpha value is -0.770. The van der Waals surface area contributed by atoms with E-state index in [9.17, 15) is 0 Å². The van der Waals surface area contributed by atoms with E-state index in [4.69, 9.17) is 17.3 Å². The van der Waals surface area contributed by atoms with Gasteiger partial charge < -0.3 is 10.6 Å². The molecule has 1 atom stereocenters. The van der Waals surface area contributed by atoms with Gasteiger partial charge in [-0.2, -0.15) is 0 Å². The Kier molecular flexibility index (Phi) is 5.49. The van der Waals surface area contributed by atoms with Crippen LogP contribution in [0.1, 0.15) is 19.8 Å². The average Bonchev–Trinajstić information content (AvgIpc) is 2.46. The van der Waals surface area contributed by atoms with Crippen LogP contribution < -0.4 is 10.6 Å². The van der Waals surface area contributed by atoms with Crippen LogP contribution in [0.15, 0.2) is 24.3 Å². The first kappa shape index (κ1) is 14.6.